The van der Waals surface area contributed by atoms with Crippen LogP contribution in [0.3, 0.4) is 0 Å². The predicted molar refractivity (Wildman–Crippen MR) is 60.9 cm³/mol. The second kappa shape index (κ2) is 6.07. The van der Waals surface area contributed by atoms with Crippen LogP contribution in [0.5, 0.6) is 0 Å². The van der Waals surface area contributed by atoms with Crippen molar-refractivity contribution < 1.29 is 19.5 Å². The number of oxime groups is 1. The van der Waals surface area contributed by atoms with Gasteiger partial charge in [0.15, 0.2) is 0 Å². The van der Waals surface area contributed by atoms with Gasteiger partial charge in [-0.3, -0.25) is 0 Å². The smallest absolute Gasteiger partial charge is 0.344 e. The molecule has 17 heavy (non-hydrogen) atoms. The number of likely N-dealkylation sites (tertiary alicyclic amines) is 1. The number of hydrogen-bond donors (Lipinski definition) is 1. The molecule has 0 aromatic heterocycles. The zero-order valence-corrected chi connectivity index (χ0v) is 10.0. The van der Waals surface area contributed by atoms with E-state index in [1.54, 1.807) is 19.0 Å². The third kappa shape index (κ3) is 4.29. The molecule has 0 aliphatic carbocycles. The van der Waals surface area contributed by atoms with Crippen LogP contribution in [-0.4, -0.2) is 66.4 Å². The van der Waals surface area contributed by atoms with Crippen LogP contribution in [0.15, 0.2) is 5.16 Å². The van der Waals surface area contributed by atoms with Crippen molar-refractivity contribution in [1.82, 2.24) is 9.80 Å². The van der Waals surface area contributed by atoms with Crippen molar-refractivity contribution in [1.29, 1.82) is 0 Å². The SMILES string of the molecule is CN(C)C(=O)N1CCC(=NOCC(=O)O)CC1. The summed E-state index contributed by atoms with van der Waals surface area (Å²) in [4.78, 5) is 29.7. The first-order chi connectivity index (χ1) is 8.00. The zero-order chi connectivity index (χ0) is 12.8. The summed E-state index contributed by atoms with van der Waals surface area (Å²) in [5.41, 5.74) is 0.800. The largest absolute Gasteiger partial charge is 0.479 e. The number of carbonyl (C=O) groups excluding carboxylic acids is 1. The fourth-order valence-electron chi connectivity index (χ4n) is 1.51. The molecule has 0 spiro atoms. The normalized spacial score (nSPS) is 15.4. The van der Waals surface area contributed by atoms with Gasteiger partial charge in [0.2, 0.25) is 6.61 Å². The molecule has 1 heterocycles. The Morgan fingerprint density at radius 2 is 2.00 bits per heavy atom. The Hall–Kier alpha value is -1.79. The van der Waals surface area contributed by atoms with Gasteiger partial charge in [-0.25, -0.2) is 9.59 Å². The van der Waals surface area contributed by atoms with Crippen LogP contribution in [0.1, 0.15) is 12.8 Å². The Morgan fingerprint density at radius 1 is 1.41 bits per heavy atom. The Kier molecular flexibility index (Phi) is 4.74. The monoisotopic (exact) mass is 243 g/mol. The number of carbonyl (C=O) groups is 2. The summed E-state index contributed by atoms with van der Waals surface area (Å²) in [5, 5.41) is 12.1. The fraction of sp³-hybridized carbons (Fsp3) is 0.700. The number of aliphatic carboxylic acids is 1. The van der Waals surface area contributed by atoms with Gasteiger partial charge < -0.3 is 19.7 Å². The molecule has 0 radical (unpaired) electrons. The Labute approximate surface area is 99.6 Å². The number of carboxylic acid groups (broad SMARTS) is 1. The second-order valence-electron chi connectivity index (χ2n) is 3.99. The van der Waals surface area contributed by atoms with E-state index in [2.05, 4.69) is 9.99 Å². The van der Waals surface area contributed by atoms with E-state index in [9.17, 15) is 9.59 Å². The highest BCUT2D eigenvalue weighted by Crippen LogP contribution is 2.09. The summed E-state index contributed by atoms with van der Waals surface area (Å²) in [5.74, 6) is -1.05. The quantitative estimate of drug-likeness (QED) is 0.719. The maximum absolute atomic E-state index is 11.6. The van der Waals surface area contributed by atoms with Gasteiger partial charge in [-0.2, -0.15) is 0 Å². The molecule has 1 saturated heterocycles. The number of carboxylic acids is 1. The average Bonchev–Trinajstić information content (AvgIpc) is 2.28. The van der Waals surface area contributed by atoms with E-state index in [1.165, 1.54) is 4.90 Å². The summed E-state index contributed by atoms with van der Waals surface area (Å²) >= 11 is 0. The van der Waals surface area contributed by atoms with E-state index in [0.717, 1.165) is 5.71 Å². The first-order valence-electron chi connectivity index (χ1n) is 5.36. The minimum atomic E-state index is -1.05. The van der Waals surface area contributed by atoms with Crippen molar-refractivity contribution in [2.45, 2.75) is 12.8 Å². The molecule has 1 fully saturated rings. The molecular formula is C10H17N3O4. The molecule has 1 rings (SSSR count). The predicted octanol–water partition coefficient (Wildman–Crippen LogP) is 0.221. The maximum atomic E-state index is 11.6. The molecule has 1 aliphatic rings. The van der Waals surface area contributed by atoms with Crippen LogP contribution in [-0.2, 0) is 9.63 Å². The standard InChI is InChI=1S/C10H17N3O4/c1-12(2)10(16)13-5-3-8(4-6-13)11-17-7-9(14)15/h3-7H2,1-2H3,(H,14,15). The number of rotatable bonds is 3. The molecule has 0 unspecified atom stereocenters. The summed E-state index contributed by atoms with van der Waals surface area (Å²) in [6, 6.07) is -0.0181. The van der Waals surface area contributed by atoms with Gasteiger partial charge in [0.1, 0.15) is 0 Å². The maximum Gasteiger partial charge on any atom is 0.344 e. The Bertz CT molecular complexity index is 318. The number of urea groups is 1. The second-order valence-corrected chi connectivity index (χ2v) is 3.99. The first-order valence-corrected chi connectivity index (χ1v) is 5.36. The molecule has 0 atom stereocenters. The van der Waals surface area contributed by atoms with Gasteiger partial charge in [0, 0.05) is 40.0 Å². The van der Waals surface area contributed by atoms with E-state index in [-0.39, 0.29) is 6.03 Å². The van der Waals surface area contributed by atoms with E-state index < -0.39 is 12.6 Å². The van der Waals surface area contributed by atoms with E-state index in [1.807, 2.05) is 0 Å². The molecule has 1 aliphatic heterocycles. The zero-order valence-electron chi connectivity index (χ0n) is 10.0. The van der Waals surface area contributed by atoms with Crippen molar-refractivity contribution in [2.75, 3.05) is 33.8 Å². The molecule has 7 nitrogen and oxygen atoms in total. The number of amides is 2. The lowest BCUT2D eigenvalue weighted by Crippen LogP contribution is -2.44. The van der Waals surface area contributed by atoms with Gasteiger partial charge in [-0.15, -0.1) is 0 Å². The Morgan fingerprint density at radius 3 is 2.47 bits per heavy atom. The van der Waals surface area contributed by atoms with Gasteiger partial charge in [-0.05, 0) is 0 Å². The molecular weight excluding hydrogens is 226 g/mol. The van der Waals surface area contributed by atoms with E-state index in [0.29, 0.717) is 25.9 Å². The van der Waals surface area contributed by atoms with Crippen LogP contribution >= 0.6 is 0 Å². The lowest BCUT2D eigenvalue weighted by Gasteiger charge is -2.29. The number of hydrogen-bond acceptors (Lipinski definition) is 4. The topological polar surface area (TPSA) is 82.4 Å². The summed E-state index contributed by atoms with van der Waals surface area (Å²) < 4.78 is 0. The lowest BCUT2D eigenvalue weighted by atomic mass is 10.1. The Balaban J connectivity index is 2.35. The highest BCUT2D eigenvalue weighted by molar-refractivity contribution is 5.87. The first kappa shape index (κ1) is 13.3. The molecule has 2 amide bonds. The fourth-order valence-corrected chi connectivity index (χ4v) is 1.51. The molecule has 0 saturated carbocycles. The van der Waals surface area contributed by atoms with Crippen molar-refractivity contribution in [2.24, 2.45) is 5.16 Å². The van der Waals surface area contributed by atoms with Crippen molar-refractivity contribution in [3.05, 3.63) is 0 Å². The van der Waals surface area contributed by atoms with Crippen molar-refractivity contribution >= 4 is 17.7 Å². The third-order valence-corrected chi connectivity index (χ3v) is 2.38. The third-order valence-electron chi connectivity index (χ3n) is 2.38. The molecule has 1 N–H and O–H groups in total. The van der Waals surface area contributed by atoms with Crippen molar-refractivity contribution in [3.8, 4) is 0 Å². The molecule has 0 aromatic carbocycles. The van der Waals surface area contributed by atoms with Crippen LogP contribution < -0.4 is 0 Å². The van der Waals surface area contributed by atoms with E-state index in [4.69, 9.17) is 5.11 Å². The van der Waals surface area contributed by atoms with Crippen LogP contribution in [0, 0.1) is 0 Å². The number of piperidine rings is 1. The number of nitrogens with zero attached hydrogens (tertiary/aromatic N) is 3. The van der Waals surface area contributed by atoms with Gasteiger partial charge in [0.25, 0.3) is 0 Å². The molecule has 0 aromatic rings. The van der Waals surface area contributed by atoms with E-state index >= 15 is 0 Å². The molecule has 0 bridgehead atoms. The van der Waals surface area contributed by atoms with Crippen LogP contribution in [0.4, 0.5) is 4.79 Å². The molecule has 96 valence electrons. The van der Waals surface area contributed by atoms with Gasteiger partial charge >= 0.3 is 12.0 Å². The minimum absolute atomic E-state index is 0.0181. The summed E-state index contributed by atoms with van der Waals surface area (Å²) in [7, 11) is 3.42. The lowest BCUT2D eigenvalue weighted by molar-refractivity contribution is -0.142. The average molecular weight is 243 g/mol. The van der Waals surface area contributed by atoms with Crippen molar-refractivity contribution in [3.63, 3.8) is 0 Å². The summed E-state index contributed by atoms with van der Waals surface area (Å²) in [6.07, 6.45) is 1.25. The highest BCUT2D eigenvalue weighted by atomic mass is 16.6. The molecule has 7 heteroatoms. The van der Waals surface area contributed by atoms with Gasteiger partial charge in [0.05, 0.1) is 5.71 Å². The van der Waals surface area contributed by atoms with Crippen LogP contribution in [0.2, 0.25) is 0 Å². The van der Waals surface area contributed by atoms with Crippen LogP contribution in [0.25, 0.3) is 0 Å². The summed E-state index contributed by atoms with van der Waals surface area (Å²) in [6.45, 7) is 0.752. The highest BCUT2D eigenvalue weighted by Gasteiger charge is 2.21. The van der Waals surface area contributed by atoms with Gasteiger partial charge in [-0.1, -0.05) is 5.16 Å². The minimum Gasteiger partial charge on any atom is -0.479 e.